The van der Waals surface area contributed by atoms with E-state index < -0.39 is 0 Å². The van der Waals surface area contributed by atoms with Crippen molar-refractivity contribution in [3.05, 3.63) is 142 Å². The topological polar surface area (TPSA) is 116 Å². The number of hydrogen-bond acceptors (Lipinski definition) is 4. The number of benzene rings is 4. The third kappa shape index (κ3) is 6.60. The van der Waals surface area contributed by atoms with Gasteiger partial charge in [-0.2, -0.15) is 0 Å². The van der Waals surface area contributed by atoms with Crippen molar-refractivity contribution in [1.82, 2.24) is 21.3 Å². The third-order valence-electron chi connectivity index (χ3n) is 6.68. The number of carbonyl (C=O) groups is 4. The quantitative estimate of drug-likeness (QED) is 0.276. The fourth-order valence-electron chi connectivity index (χ4n) is 4.23. The number of carbonyl (C=O) groups excluding carboxylic acids is 4. The van der Waals surface area contributed by atoms with Crippen LogP contribution in [0.15, 0.2) is 97.1 Å². The van der Waals surface area contributed by atoms with E-state index in [1.807, 2.05) is 48.5 Å². The van der Waals surface area contributed by atoms with Gasteiger partial charge in [-0.15, -0.1) is 0 Å². The second-order valence-electron chi connectivity index (χ2n) is 9.52. The van der Waals surface area contributed by atoms with Gasteiger partial charge in [-0.3, -0.25) is 19.2 Å². The first-order chi connectivity index (χ1) is 19.4. The lowest BCUT2D eigenvalue weighted by molar-refractivity contribution is 0.0938. The first-order valence-corrected chi connectivity index (χ1v) is 12.9. The molecule has 40 heavy (non-hydrogen) atoms. The number of hydrogen-bond donors (Lipinski definition) is 4. The van der Waals surface area contributed by atoms with E-state index in [0.717, 1.165) is 22.3 Å². The lowest BCUT2D eigenvalue weighted by atomic mass is 10.1. The second-order valence-corrected chi connectivity index (χ2v) is 9.52. The van der Waals surface area contributed by atoms with Gasteiger partial charge in [-0.25, -0.2) is 0 Å². The Bertz CT molecular complexity index is 1290. The zero-order valence-electron chi connectivity index (χ0n) is 21.7. The molecule has 4 aromatic rings. The molecule has 4 amide bonds. The molecule has 0 saturated heterocycles. The molecule has 8 nitrogen and oxygen atoms in total. The fourth-order valence-corrected chi connectivity index (χ4v) is 4.23. The molecular weight excluding hydrogens is 504 g/mol. The standard InChI is InChI=1S/C32H28N4O4/c37-29-25-9-11-27(12-10-25)31(39)35-19-23-5-7-24(8-6-23)20-36-32(40)28-15-13-26(14-16-28)30(38)34-18-22-2-1-21(3-4-22)17-33-29/h1-16H,17-20H2,(H,33,37)(H,34,38)(H,35,39)(H,36,40). The van der Waals surface area contributed by atoms with Crippen LogP contribution in [-0.4, -0.2) is 23.6 Å². The molecular formula is C32H28N4O4. The molecule has 200 valence electrons. The van der Waals surface area contributed by atoms with Crippen LogP contribution in [0.3, 0.4) is 0 Å². The van der Waals surface area contributed by atoms with E-state index in [0.29, 0.717) is 48.4 Å². The van der Waals surface area contributed by atoms with Crippen LogP contribution in [0.4, 0.5) is 0 Å². The zero-order chi connectivity index (χ0) is 27.9. The molecule has 11 rings (SSSR count). The van der Waals surface area contributed by atoms with Crippen molar-refractivity contribution in [2.24, 2.45) is 0 Å². The molecule has 0 spiro atoms. The van der Waals surface area contributed by atoms with Crippen molar-refractivity contribution in [2.45, 2.75) is 26.2 Å². The molecule has 8 heteroatoms. The normalized spacial score (nSPS) is 14.6. The van der Waals surface area contributed by atoms with Crippen molar-refractivity contribution in [3.63, 3.8) is 0 Å². The summed E-state index contributed by atoms with van der Waals surface area (Å²) in [5, 5.41) is 11.5. The Labute approximate surface area is 231 Å². The Balaban J connectivity index is 1.32. The Morgan fingerprint density at radius 2 is 0.475 bits per heavy atom. The van der Waals surface area contributed by atoms with E-state index in [1.54, 1.807) is 48.5 Å². The third-order valence-corrected chi connectivity index (χ3v) is 6.68. The zero-order valence-corrected chi connectivity index (χ0v) is 21.7. The minimum absolute atomic E-state index is 0.237. The van der Waals surface area contributed by atoms with Crippen LogP contribution in [0.5, 0.6) is 0 Å². The predicted octanol–water partition coefficient (Wildman–Crippen LogP) is 3.72. The van der Waals surface area contributed by atoms with Crippen LogP contribution in [-0.2, 0) is 26.2 Å². The fraction of sp³-hybridized carbons (Fsp3) is 0.125. The number of rotatable bonds is 0. The summed E-state index contributed by atoms with van der Waals surface area (Å²) in [6.07, 6.45) is 0. The maximum atomic E-state index is 12.6. The molecule has 0 atom stereocenters. The number of nitrogens with one attached hydrogen (secondary N) is 4. The van der Waals surface area contributed by atoms with E-state index in [1.165, 1.54) is 0 Å². The van der Waals surface area contributed by atoms with Gasteiger partial charge in [0.05, 0.1) is 0 Å². The highest BCUT2D eigenvalue weighted by molar-refractivity contribution is 5.98. The summed E-state index contributed by atoms with van der Waals surface area (Å²) in [6.45, 7) is 1.36. The van der Waals surface area contributed by atoms with Crippen molar-refractivity contribution in [3.8, 4) is 0 Å². The van der Waals surface area contributed by atoms with E-state index in [4.69, 9.17) is 0 Å². The van der Waals surface area contributed by atoms with Gasteiger partial charge in [-0.05, 0) is 70.8 Å². The van der Waals surface area contributed by atoms with E-state index in [2.05, 4.69) is 21.3 Å². The largest absolute Gasteiger partial charge is 0.348 e. The van der Waals surface area contributed by atoms with Crippen LogP contribution in [0, 0.1) is 0 Å². The summed E-state index contributed by atoms with van der Waals surface area (Å²) < 4.78 is 0. The smallest absolute Gasteiger partial charge is 0.251 e. The molecule has 0 radical (unpaired) electrons. The van der Waals surface area contributed by atoms with Crippen LogP contribution in [0.1, 0.15) is 63.7 Å². The summed E-state index contributed by atoms with van der Waals surface area (Å²) in [6, 6.07) is 28.2. The van der Waals surface area contributed by atoms with Crippen LogP contribution in [0.2, 0.25) is 0 Å². The highest BCUT2D eigenvalue weighted by atomic mass is 16.2. The molecule has 4 N–H and O–H groups in total. The monoisotopic (exact) mass is 532 g/mol. The highest BCUT2D eigenvalue weighted by Crippen LogP contribution is 2.11. The van der Waals surface area contributed by atoms with Crippen LogP contribution in [0.25, 0.3) is 0 Å². The summed E-state index contributed by atoms with van der Waals surface area (Å²) >= 11 is 0. The first kappa shape index (κ1) is 26.4. The Hall–Kier alpha value is -5.24. The first-order valence-electron chi connectivity index (χ1n) is 12.9. The lowest BCUT2D eigenvalue weighted by Gasteiger charge is -2.10. The van der Waals surface area contributed by atoms with Gasteiger partial charge in [0, 0.05) is 48.4 Å². The van der Waals surface area contributed by atoms with Gasteiger partial charge in [0.2, 0.25) is 0 Å². The summed E-state index contributed by atoms with van der Waals surface area (Å²) in [4.78, 5) is 50.4. The van der Waals surface area contributed by atoms with Gasteiger partial charge >= 0.3 is 0 Å². The molecule has 0 aliphatic carbocycles. The minimum Gasteiger partial charge on any atom is -0.348 e. The van der Waals surface area contributed by atoms with Gasteiger partial charge < -0.3 is 21.3 Å². The molecule has 0 saturated carbocycles. The van der Waals surface area contributed by atoms with E-state index >= 15 is 0 Å². The van der Waals surface area contributed by atoms with Gasteiger partial charge in [0.1, 0.15) is 0 Å². The lowest BCUT2D eigenvalue weighted by Crippen LogP contribution is -2.25. The molecule has 0 aromatic heterocycles. The average molecular weight is 533 g/mol. The van der Waals surface area contributed by atoms with Crippen molar-refractivity contribution in [1.29, 1.82) is 0 Å². The maximum Gasteiger partial charge on any atom is 0.251 e. The predicted molar refractivity (Wildman–Crippen MR) is 150 cm³/mol. The van der Waals surface area contributed by atoms with Crippen LogP contribution < -0.4 is 21.3 Å². The second kappa shape index (κ2) is 12.1. The van der Waals surface area contributed by atoms with E-state index in [9.17, 15) is 19.2 Å². The van der Waals surface area contributed by atoms with Crippen molar-refractivity contribution < 1.29 is 19.2 Å². The van der Waals surface area contributed by atoms with Gasteiger partial charge in [0.25, 0.3) is 23.6 Å². The number of amides is 4. The van der Waals surface area contributed by atoms with Crippen LogP contribution >= 0.6 is 0 Å². The highest BCUT2D eigenvalue weighted by Gasteiger charge is 2.11. The van der Waals surface area contributed by atoms with Gasteiger partial charge in [-0.1, -0.05) is 48.5 Å². The van der Waals surface area contributed by atoms with Crippen molar-refractivity contribution >= 4 is 23.6 Å². The minimum atomic E-state index is -0.237. The Morgan fingerprint density at radius 1 is 0.300 bits per heavy atom. The average Bonchev–Trinajstić information content (AvgIpc) is 3.01. The molecule has 7 heterocycles. The van der Waals surface area contributed by atoms with Crippen molar-refractivity contribution in [2.75, 3.05) is 0 Å². The Kier molecular flexibility index (Phi) is 7.97. The summed E-state index contributed by atoms with van der Waals surface area (Å²) in [7, 11) is 0. The molecule has 0 unspecified atom stereocenters. The molecule has 8 bridgehead atoms. The molecule has 0 fully saturated rings. The maximum absolute atomic E-state index is 12.6. The Morgan fingerprint density at radius 3 is 0.650 bits per heavy atom. The molecule has 7 aliphatic rings. The SMILES string of the molecule is O=C1NCc2ccc(cc2)CNC(=O)c2ccc(cc2)C(=O)NCc2ccc(cc2)CNC(=O)c2ccc1cc2. The summed E-state index contributed by atoms with van der Waals surface area (Å²) in [5.74, 6) is -0.949. The van der Waals surface area contributed by atoms with Gasteiger partial charge in [0.15, 0.2) is 0 Å². The van der Waals surface area contributed by atoms with E-state index in [-0.39, 0.29) is 23.6 Å². The molecule has 7 aliphatic heterocycles. The molecule has 4 aromatic carbocycles. The summed E-state index contributed by atoms with van der Waals surface area (Å²) in [5.41, 5.74) is 5.48.